The van der Waals surface area contributed by atoms with E-state index in [1.54, 1.807) is 32.0 Å². The lowest BCUT2D eigenvalue weighted by molar-refractivity contribution is -0.147. The Bertz CT molecular complexity index is 913. The lowest BCUT2D eigenvalue weighted by Crippen LogP contribution is -2.24. The molecule has 1 aromatic carbocycles. The van der Waals surface area contributed by atoms with Gasteiger partial charge in [0.05, 0.1) is 11.0 Å². The minimum Gasteiger partial charge on any atom is -0.334 e. The molecule has 0 radical (unpaired) electrons. The van der Waals surface area contributed by atoms with Gasteiger partial charge in [-0.1, -0.05) is 5.16 Å². The van der Waals surface area contributed by atoms with Crippen LogP contribution in [0.3, 0.4) is 0 Å². The molecule has 1 atom stereocenters. The standard InChI is InChI=1S/C17H20F3N5O/c1-9(2)25-13-6-5-11(8-12(13)22-16(25)17(18,19)20)15-23-14(24-26-15)7-10(3)21-4/h5-6,8-10,21H,7H2,1-4H3. The van der Waals surface area contributed by atoms with Crippen LogP contribution in [0.15, 0.2) is 22.7 Å². The van der Waals surface area contributed by atoms with E-state index >= 15 is 0 Å². The van der Waals surface area contributed by atoms with Gasteiger partial charge in [-0.05, 0) is 46.0 Å². The van der Waals surface area contributed by atoms with Gasteiger partial charge in [-0.15, -0.1) is 0 Å². The molecular formula is C17H20F3N5O. The maximum Gasteiger partial charge on any atom is 0.449 e. The molecular weight excluding hydrogens is 347 g/mol. The second-order valence-electron chi connectivity index (χ2n) is 6.51. The minimum absolute atomic E-state index is 0.180. The van der Waals surface area contributed by atoms with Gasteiger partial charge in [-0.2, -0.15) is 18.2 Å². The predicted octanol–water partition coefficient (Wildman–Crippen LogP) is 3.84. The van der Waals surface area contributed by atoms with E-state index in [9.17, 15) is 13.2 Å². The van der Waals surface area contributed by atoms with Crippen molar-refractivity contribution in [2.75, 3.05) is 7.05 Å². The molecule has 0 aliphatic rings. The van der Waals surface area contributed by atoms with Crippen molar-refractivity contribution in [3.63, 3.8) is 0 Å². The number of benzene rings is 1. The zero-order valence-electron chi connectivity index (χ0n) is 14.9. The Morgan fingerprint density at radius 1 is 1.19 bits per heavy atom. The van der Waals surface area contributed by atoms with Crippen LogP contribution < -0.4 is 5.32 Å². The van der Waals surface area contributed by atoms with Gasteiger partial charge < -0.3 is 14.4 Å². The molecule has 0 spiro atoms. The van der Waals surface area contributed by atoms with Gasteiger partial charge in [0, 0.05) is 24.1 Å². The Kier molecular flexibility index (Phi) is 4.74. The Balaban J connectivity index is 2.02. The number of rotatable bonds is 5. The van der Waals surface area contributed by atoms with Crippen molar-refractivity contribution in [3.05, 3.63) is 29.8 Å². The molecule has 0 amide bonds. The van der Waals surface area contributed by atoms with Gasteiger partial charge in [0.15, 0.2) is 5.82 Å². The molecule has 0 bridgehead atoms. The molecule has 0 aliphatic heterocycles. The fraction of sp³-hybridized carbons (Fsp3) is 0.471. The third kappa shape index (κ3) is 3.44. The second-order valence-corrected chi connectivity index (χ2v) is 6.51. The van der Waals surface area contributed by atoms with E-state index in [-0.39, 0.29) is 23.5 Å². The minimum atomic E-state index is -4.52. The van der Waals surface area contributed by atoms with Crippen LogP contribution in [0.4, 0.5) is 13.2 Å². The monoisotopic (exact) mass is 367 g/mol. The molecule has 0 saturated heterocycles. The highest BCUT2D eigenvalue weighted by Gasteiger charge is 2.38. The smallest absolute Gasteiger partial charge is 0.334 e. The van der Waals surface area contributed by atoms with Crippen LogP contribution in [0.1, 0.15) is 38.5 Å². The number of likely N-dealkylation sites (N-methyl/N-ethyl adjacent to an activating group) is 1. The van der Waals surface area contributed by atoms with Crippen LogP contribution >= 0.6 is 0 Å². The van der Waals surface area contributed by atoms with Crippen molar-refractivity contribution in [1.29, 1.82) is 0 Å². The van der Waals surface area contributed by atoms with Gasteiger partial charge in [-0.25, -0.2) is 4.98 Å². The summed E-state index contributed by atoms with van der Waals surface area (Å²) in [5.74, 6) is -0.114. The van der Waals surface area contributed by atoms with Gasteiger partial charge in [0.25, 0.3) is 5.89 Å². The van der Waals surface area contributed by atoms with Crippen LogP contribution in [-0.2, 0) is 12.6 Å². The highest BCUT2D eigenvalue weighted by Crippen LogP contribution is 2.34. The normalized spacial score (nSPS) is 13.7. The zero-order valence-corrected chi connectivity index (χ0v) is 14.9. The molecule has 6 nitrogen and oxygen atoms in total. The Hall–Kier alpha value is -2.42. The first-order valence-electron chi connectivity index (χ1n) is 8.30. The summed E-state index contributed by atoms with van der Waals surface area (Å²) in [4.78, 5) is 8.11. The van der Waals surface area contributed by atoms with Crippen LogP contribution in [-0.4, -0.2) is 32.8 Å². The van der Waals surface area contributed by atoms with Crippen molar-refractivity contribution >= 4 is 11.0 Å². The number of aromatic nitrogens is 4. The maximum absolute atomic E-state index is 13.3. The van der Waals surface area contributed by atoms with Crippen molar-refractivity contribution in [1.82, 2.24) is 25.0 Å². The summed E-state index contributed by atoms with van der Waals surface area (Å²) in [5, 5.41) is 7.00. The summed E-state index contributed by atoms with van der Waals surface area (Å²) in [7, 11) is 1.84. The Morgan fingerprint density at radius 2 is 1.92 bits per heavy atom. The molecule has 0 aliphatic carbocycles. The maximum atomic E-state index is 13.3. The first-order chi connectivity index (χ1) is 12.2. The fourth-order valence-electron chi connectivity index (χ4n) is 2.78. The summed E-state index contributed by atoms with van der Waals surface area (Å²) in [5.41, 5.74) is 1.20. The summed E-state index contributed by atoms with van der Waals surface area (Å²) < 4.78 is 46.3. The summed E-state index contributed by atoms with van der Waals surface area (Å²) in [6.07, 6.45) is -3.94. The molecule has 2 heterocycles. The van der Waals surface area contributed by atoms with Crippen molar-refractivity contribution in [2.45, 2.75) is 45.5 Å². The molecule has 0 saturated carbocycles. The highest BCUT2D eigenvalue weighted by molar-refractivity contribution is 5.81. The zero-order chi connectivity index (χ0) is 19.1. The lowest BCUT2D eigenvalue weighted by Gasteiger charge is -2.14. The van der Waals surface area contributed by atoms with Crippen LogP contribution in [0.2, 0.25) is 0 Å². The van der Waals surface area contributed by atoms with E-state index in [1.807, 2.05) is 14.0 Å². The number of fused-ring (bicyclic) bond motifs is 1. The fourth-order valence-corrected chi connectivity index (χ4v) is 2.78. The van der Waals surface area contributed by atoms with Crippen LogP contribution in [0, 0.1) is 0 Å². The first-order valence-corrected chi connectivity index (χ1v) is 8.30. The van der Waals surface area contributed by atoms with E-state index in [0.717, 1.165) is 0 Å². The van der Waals surface area contributed by atoms with E-state index in [0.29, 0.717) is 23.3 Å². The summed E-state index contributed by atoms with van der Waals surface area (Å²) in [6, 6.07) is 4.62. The number of hydrogen-bond donors (Lipinski definition) is 1. The largest absolute Gasteiger partial charge is 0.449 e. The topological polar surface area (TPSA) is 68.8 Å². The number of nitrogens with one attached hydrogen (secondary N) is 1. The molecule has 1 unspecified atom stereocenters. The van der Waals surface area contributed by atoms with E-state index < -0.39 is 12.0 Å². The molecule has 26 heavy (non-hydrogen) atoms. The molecule has 140 valence electrons. The third-order valence-electron chi connectivity index (χ3n) is 4.16. The lowest BCUT2D eigenvalue weighted by atomic mass is 10.2. The molecule has 3 rings (SSSR count). The Morgan fingerprint density at radius 3 is 2.54 bits per heavy atom. The van der Waals surface area contributed by atoms with Crippen molar-refractivity contribution in [2.24, 2.45) is 0 Å². The van der Waals surface area contributed by atoms with Gasteiger partial charge in [-0.3, -0.25) is 0 Å². The average Bonchev–Trinajstić information content (AvgIpc) is 3.17. The SMILES string of the molecule is CNC(C)Cc1noc(-c2ccc3c(c2)nc(C(F)(F)F)n3C(C)C)n1. The number of imidazole rings is 1. The molecule has 9 heteroatoms. The van der Waals surface area contributed by atoms with Gasteiger partial charge in [0.1, 0.15) is 0 Å². The number of alkyl halides is 3. The molecule has 2 aromatic heterocycles. The predicted molar refractivity (Wildman–Crippen MR) is 90.6 cm³/mol. The highest BCUT2D eigenvalue weighted by atomic mass is 19.4. The van der Waals surface area contributed by atoms with Gasteiger partial charge >= 0.3 is 6.18 Å². The van der Waals surface area contributed by atoms with Gasteiger partial charge in [0.2, 0.25) is 5.82 Å². The van der Waals surface area contributed by atoms with Crippen LogP contribution in [0.5, 0.6) is 0 Å². The number of nitrogens with zero attached hydrogens (tertiary/aromatic N) is 4. The number of hydrogen-bond acceptors (Lipinski definition) is 5. The number of halogens is 3. The Labute approximate surface area is 148 Å². The van der Waals surface area contributed by atoms with Crippen molar-refractivity contribution < 1.29 is 17.7 Å². The average molecular weight is 367 g/mol. The molecule has 0 fully saturated rings. The second kappa shape index (κ2) is 6.71. The quantitative estimate of drug-likeness (QED) is 0.742. The molecule has 1 N–H and O–H groups in total. The van der Waals surface area contributed by atoms with E-state index in [4.69, 9.17) is 4.52 Å². The van der Waals surface area contributed by atoms with Crippen LogP contribution in [0.25, 0.3) is 22.5 Å². The first kappa shape index (κ1) is 18.4. The molecule has 3 aromatic rings. The van der Waals surface area contributed by atoms with E-state index in [2.05, 4.69) is 20.4 Å². The summed E-state index contributed by atoms with van der Waals surface area (Å²) >= 11 is 0. The third-order valence-corrected chi connectivity index (χ3v) is 4.16. The van der Waals surface area contributed by atoms with Crippen molar-refractivity contribution in [3.8, 4) is 11.5 Å². The van der Waals surface area contributed by atoms with E-state index in [1.165, 1.54) is 4.57 Å². The summed E-state index contributed by atoms with van der Waals surface area (Å²) in [6.45, 7) is 5.37.